The molecule has 4 aromatic rings. The summed E-state index contributed by atoms with van der Waals surface area (Å²) < 4.78 is 39.0. The number of methoxy groups -OCH3 is 1. The van der Waals surface area contributed by atoms with Crippen molar-refractivity contribution in [2.75, 3.05) is 13.7 Å². The normalized spacial score (nSPS) is 13.8. The topological polar surface area (TPSA) is 57.5 Å². The molecule has 3 aromatic carbocycles. The third-order valence-corrected chi connectivity index (χ3v) is 7.32. The van der Waals surface area contributed by atoms with Gasteiger partial charge in [-0.2, -0.15) is 8.42 Å². The van der Waals surface area contributed by atoms with Gasteiger partial charge in [0.25, 0.3) is 10.1 Å². The zero-order valence-electron chi connectivity index (χ0n) is 18.7. The zero-order chi connectivity index (χ0) is 23.6. The van der Waals surface area contributed by atoms with E-state index < -0.39 is 16.2 Å². The Hall–Kier alpha value is -2.64. The SMILES string of the molecule is CO[C@H](COS(=O)(=O)c1ccc(C)cc1)[C@H](c1ccccc1)n1cc(C)c2cc(Cl)ccc21. The lowest BCUT2D eigenvalue weighted by Crippen LogP contribution is -2.32. The molecule has 0 aliphatic rings. The predicted octanol–water partition coefficient (Wildman–Crippen LogP) is 5.92. The number of hydrogen-bond donors (Lipinski definition) is 0. The first kappa shape index (κ1) is 23.5. The van der Waals surface area contributed by atoms with E-state index in [1.54, 1.807) is 31.4 Å². The van der Waals surface area contributed by atoms with Gasteiger partial charge in [0.15, 0.2) is 0 Å². The van der Waals surface area contributed by atoms with Crippen LogP contribution in [-0.4, -0.2) is 32.8 Å². The molecule has 0 aliphatic carbocycles. The average Bonchev–Trinajstić information content (AvgIpc) is 3.12. The molecule has 0 saturated heterocycles. The number of ether oxygens (including phenoxy) is 1. The van der Waals surface area contributed by atoms with Crippen molar-refractivity contribution < 1.29 is 17.3 Å². The molecular formula is C26H26ClNO4S. The molecule has 0 radical (unpaired) electrons. The highest BCUT2D eigenvalue weighted by Gasteiger charge is 2.29. The maximum atomic E-state index is 12.8. The standard InChI is InChI=1S/C26H26ClNO4S/c1-18-9-12-22(13-10-18)33(29,30)32-17-25(31-3)26(20-7-5-4-6-8-20)28-16-19(2)23-15-21(27)11-14-24(23)28/h4-16,25-26H,17H2,1-3H3/t25-,26+/m1/s1. The molecule has 5 nitrogen and oxygen atoms in total. The number of nitrogens with zero attached hydrogens (tertiary/aromatic N) is 1. The second kappa shape index (κ2) is 9.69. The minimum atomic E-state index is -3.93. The molecule has 0 amide bonds. The van der Waals surface area contributed by atoms with Gasteiger partial charge in [0.1, 0.15) is 6.10 Å². The smallest absolute Gasteiger partial charge is 0.297 e. The number of halogens is 1. The third-order valence-electron chi connectivity index (χ3n) is 5.79. The first-order valence-electron chi connectivity index (χ1n) is 10.6. The minimum absolute atomic E-state index is 0.121. The molecule has 172 valence electrons. The van der Waals surface area contributed by atoms with Crippen molar-refractivity contribution in [3.63, 3.8) is 0 Å². The molecule has 0 spiro atoms. The molecule has 0 N–H and O–H groups in total. The Morgan fingerprint density at radius 3 is 2.33 bits per heavy atom. The van der Waals surface area contributed by atoms with Crippen molar-refractivity contribution in [3.8, 4) is 0 Å². The maximum absolute atomic E-state index is 12.8. The number of aryl methyl sites for hydroxylation is 2. The highest BCUT2D eigenvalue weighted by atomic mass is 35.5. The second-order valence-corrected chi connectivity index (χ2v) is 10.1. The van der Waals surface area contributed by atoms with Gasteiger partial charge in [0.05, 0.1) is 17.5 Å². The molecule has 1 aromatic heterocycles. The number of benzene rings is 3. The van der Waals surface area contributed by atoms with Gasteiger partial charge in [-0.3, -0.25) is 4.18 Å². The summed E-state index contributed by atoms with van der Waals surface area (Å²) in [6.07, 6.45) is 1.47. The van der Waals surface area contributed by atoms with E-state index >= 15 is 0 Å². The molecule has 0 unspecified atom stereocenters. The summed E-state index contributed by atoms with van der Waals surface area (Å²) >= 11 is 6.23. The fourth-order valence-corrected chi connectivity index (χ4v) is 5.14. The molecule has 7 heteroatoms. The van der Waals surface area contributed by atoms with Crippen molar-refractivity contribution in [1.29, 1.82) is 0 Å². The van der Waals surface area contributed by atoms with Gasteiger partial charge in [-0.15, -0.1) is 0 Å². The van der Waals surface area contributed by atoms with E-state index in [2.05, 4.69) is 4.57 Å². The molecule has 2 atom stereocenters. The fourth-order valence-electron chi connectivity index (χ4n) is 4.05. The summed E-state index contributed by atoms with van der Waals surface area (Å²) in [5.74, 6) is 0. The van der Waals surface area contributed by atoms with Crippen LogP contribution in [-0.2, 0) is 19.0 Å². The summed E-state index contributed by atoms with van der Waals surface area (Å²) in [5, 5.41) is 1.70. The van der Waals surface area contributed by atoms with E-state index in [1.165, 1.54) is 0 Å². The Bertz CT molecular complexity index is 1350. The molecule has 0 saturated carbocycles. The van der Waals surface area contributed by atoms with Gasteiger partial charge >= 0.3 is 0 Å². The predicted molar refractivity (Wildman–Crippen MR) is 131 cm³/mol. The maximum Gasteiger partial charge on any atom is 0.297 e. The van der Waals surface area contributed by atoms with E-state index in [0.29, 0.717) is 5.02 Å². The quantitative estimate of drug-likeness (QED) is 0.292. The largest absolute Gasteiger partial charge is 0.376 e. The first-order valence-corrected chi connectivity index (χ1v) is 12.4. The summed E-state index contributed by atoms with van der Waals surface area (Å²) in [7, 11) is -2.36. The minimum Gasteiger partial charge on any atom is -0.376 e. The van der Waals surface area contributed by atoms with Crippen molar-refractivity contribution in [2.45, 2.75) is 30.9 Å². The summed E-state index contributed by atoms with van der Waals surface area (Å²) in [5.41, 5.74) is 4.00. The Balaban J connectivity index is 1.72. The highest BCUT2D eigenvalue weighted by Crippen LogP contribution is 2.33. The van der Waals surface area contributed by atoms with Crippen molar-refractivity contribution in [3.05, 3.63) is 101 Å². The molecular weight excluding hydrogens is 458 g/mol. The Morgan fingerprint density at radius 1 is 0.970 bits per heavy atom. The highest BCUT2D eigenvalue weighted by molar-refractivity contribution is 7.86. The van der Waals surface area contributed by atoms with Gasteiger partial charge in [-0.25, -0.2) is 0 Å². The molecule has 1 heterocycles. The van der Waals surface area contributed by atoms with Gasteiger partial charge < -0.3 is 9.30 Å². The molecule has 0 aliphatic heterocycles. The van der Waals surface area contributed by atoms with Crippen LogP contribution >= 0.6 is 11.6 Å². The van der Waals surface area contributed by atoms with Crippen LogP contribution in [0, 0.1) is 13.8 Å². The lowest BCUT2D eigenvalue weighted by atomic mass is 10.0. The summed E-state index contributed by atoms with van der Waals surface area (Å²) in [6.45, 7) is 3.79. The van der Waals surface area contributed by atoms with E-state index in [0.717, 1.165) is 27.6 Å². The lowest BCUT2D eigenvalue weighted by Gasteiger charge is -2.28. The average molecular weight is 484 g/mol. The van der Waals surface area contributed by atoms with Crippen molar-refractivity contribution in [1.82, 2.24) is 4.57 Å². The van der Waals surface area contributed by atoms with Crippen LogP contribution in [0.5, 0.6) is 0 Å². The van der Waals surface area contributed by atoms with Gasteiger partial charge in [-0.1, -0.05) is 59.6 Å². The van der Waals surface area contributed by atoms with E-state index in [1.807, 2.05) is 68.6 Å². The monoisotopic (exact) mass is 483 g/mol. The summed E-state index contributed by atoms with van der Waals surface area (Å²) in [4.78, 5) is 0.121. The van der Waals surface area contributed by atoms with Crippen LogP contribution in [0.4, 0.5) is 0 Å². The lowest BCUT2D eigenvalue weighted by molar-refractivity contribution is 0.0336. The molecule has 0 fully saturated rings. The number of rotatable bonds is 8. The van der Waals surface area contributed by atoms with Crippen LogP contribution in [0.25, 0.3) is 10.9 Å². The van der Waals surface area contributed by atoms with E-state index in [-0.39, 0.29) is 17.5 Å². The van der Waals surface area contributed by atoms with Gasteiger partial charge in [0, 0.05) is 29.2 Å². The summed E-state index contributed by atoms with van der Waals surface area (Å²) in [6, 6.07) is 21.9. The number of hydrogen-bond acceptors (Lipinski definition) is 4. The Morgan fingerprint density at radius 2 is 1.67 bits per heavy atom. The van der Waals surface area contributed by atoms with E-state index in [9.17, 15) is 8.42 Å². The molecule has 0 bridgehead atoms. The van der Waals surface area contributed by atoms with Crippen molar-refractivity contribution in [2.24, 2.45) is 0 Å². The molecule has 33 heavy (non-hydrogen) atoms. The Kier molecular flexibility index (Phi) is 6.91. The van der Waals surface area contributed by atoms with E-state index in [4.69, 9.17) is 20.5 Å². The van der Waals surface area contributed by atoms with Crippen LogP contribution in [0.3, 0.4) is 0 Å². The Labute approximate surface area is 199 Å². The van der Waals surface area contributed by atoms with Gasteiger partial charge in [0.2, 0.25) is 0 Å². The van der Waals surface area contributed by atoms with Crippen LogP contribution in [0.1, 0.15) is 22.7 Å². The second-order valence-electron chi connectivity index (χ2n) is 8.06. The fraction of sp³-hybridized carbons (Fsp3) is 0.231. The van der Waals surface area contributed by atoms with Crippen molar-refractivity contribution >= 4 is 32.6 Å². The van der Waals surface area contributed by atoms with Crippen LogP contribution in [0.2, 0.25) is 5.02 Å². The van der Waals surface area contributed by atoms with Crippen LogP contribution in [0.15, 0.2) is 83.9 Å². The zero-order valence-corrected chi connectivity index (χ0v) is 20.3. The van der Waals surface area contributed by atoms with Crippen LogP contribution < -0.4 is 0 Å². The van der Waals surface area contributed by atoms with Gasteiger partial charge in [-0.05, 0) is 55.3 Å². The number of fused-ring (bicyclic) bond motifs is 1. The molecule has 4 rings (SSSR count). The third kappa shape index (κ3) is 4.99. The first-order chi connectivity index (χ1) is 15.8. The number of aromatic nitrogens is 1.